The molecule has 1 N–H and O–H groups in total. The first-order chi connectivity index (χ1) is 17.6. The zero-order valence-corrected chi connectivity index (χ0v) is 21.7. The summed E-state index contributed by atoms with van der Waals surface area (Å²) in [6, 6.07) is 19.2. The van der Waals surface area contributed by atoms with Crippen molar-refractivity contribution < 1.29 is 9.53 Å². The number of fused-ring (bicyclic) bond motifs is 5. The fourth-order valence-corrected chi connectivity index (χ4v) is 7.01. The quantitative estimate of drug-likeness (QED) is 0.303. The second-order valence-electron chi connectivity index (χ2n) is 9.27. The van der Waals surface area contributed by atoms with Crippen molar-refractivity contribution in [2.24, 2.45) is 0 Å². The van der Waals surface area contributed by atoms with Crippen LogP contribution in [0.5, 0.6) is 5.75 Å². The number of carbonyl (C=O) groups excluding carboxylic acids is 1. The molecule has 1 aliphatic carbocycles. The van der Waals surface area contributed by atoms with E-state index < -0.39 is 0 Å². The highest BCUT2D eigenvalue weighted by Gasteiger charge is 2.36. The van der Waals surface area contributed by atoms with Gasteiger partial charge in [0.05, 0.1) is 24.9 Å². The molecule has 2 aromatic heterocycles. The first-order valence-electron chi connectivity index (χ1n) is 12.5. The van der Waals surface area contributed by atoms with E-state index in [4.69, 9.17) is 16.3 Å². The topological polar surface area (TPSA) is 46.5 Å². The average molecular weight is 518 g/mol. The summed E-state index contributed by atoms with van der Waals surface area (Å²) in [6.07, 6.45) is 6.77. The monoisotopic (exact) mass is 517 g/mol. The number of amides is 2. The van der Waals surface area contributed by atoms with E-state index in [1.165, 1.54) is 33.8 Å². The Morgan fingerprint density at radius 3 is 2.72 bits per heavy atom. The maximum atomic E-state index is 14.0. The molecule has 0 fully saturated rings. The van der Waals surface area contributed by atoms with Crippen LogP contribution < -0.4 is 10.1 Å². The molecule has 2 amide bonds. The Kier molecular flexibility index (Phi) is 6.23. The fourth-order valence-electron chi connectivity index (χ4n) is 5.41. The summed E-state index contributed by atoms with van der Waals surface area (Å²) < 4.78 is 7.98. The standard InChI is InChI=1S/C29H28ClN3O2S/c1-2-35-22-14-12-19(13-15-22)27-25-10-6-16-32(25)28-24(23-9-3-4-11-26(23)36-28)18-33(27)29(34)31-21-8-5-7-20(30)17-21/h5-8,10,12-17,27H,2-4,9,11,18H2,1H3,(H,31,34)/t27-/m0/s1. The molecule has 1 aliphatic heterocycles. The van der Waals surface area contributed by atoms with Crippen LogP contribution in [0.1, 0.15) is 53.1 Å². The predicted molar refractivity (Wildman–Crippen MR) is 146 cm³/mol. The Bertz CT molecular complexity index is 1410. The van der Waals surface area contributed by atoms with Gasteiger partial charge in [-0.05, 0) is 86.2 Å². The lowest BCUT2D eigenvalue weighted by molar-refractivity contribution is 0.194. The zero-order valence-electron chi connectivity index (χ0n) is 20.2. The molecule has 1 atom stereocenters. The molecule has 7 heteroatoms. The van der Waals surface area contributed by atoms with Crippen molar-refractivity contribution in [1.82, 2.24) is 9.47 Å². The van der Waals surface area contributed by atoms with Gasteiger partial charge in [-0.3, -0.25) is 0 Å². The Labute approximate surface area is 220 Å². The van der Waals surface area contributed by atoms with E-state index in [0.29, 0.717) is 23.9 Å². The van der Waals surface area contributed by atoms with Crippen LogP contribution in [-0.2, 0) is 19.4 Å². The van der Waals surface area contributed by atoms with Crippen molar-refractivity contribution >= 4 is 34.7 Å². The molecule has 5 nitrogen and oxygen atoms in total. The summed E-state index contributed by atoms with van der Waals surface area (Å²) in [5, 5.41) is 4.95. The summed E-state index contributed by atoms with van der Waals surface area (Å²) in [6.45, 7) is 3.14. The molecule has 6 rings (SSSR count). The third-order valence-electron chi connectivity index (χ3n) is 7.02. The Morgan fingerprint density at radius 1 is 1.08 bits per heavy atom. The molecular formula is C29H28ClN3O2S. The van der Waals surface area contributed by atoms with Crippen molar-refractivity contribution in [2.75, 3.05) is 11.9 Å². The van der Waals surface area contributed by atoms with Gasteiger partial charge in [0, 0.05) is 27.3 Å². The number of aryl methyl sites for hydroxylation is 1. The fraction of sp³-hybridized carbons (Fsp3) is 0.276. The average Bonchev–Trinajstić information content (AvgIpc) is 3.47. The number of hydrogen-bond donors (Lipinski definition) is 1. The van der Waals surface area contributed by atoms with Crippen LogP contribution in [0.2, 0.25) is 5.02 Å². The first-order valence-corrected chi connectivity index (χ1v) is 13.7. The number of rotatable bonds is 4. The Hall–Kier alpha value is -3.22. The van der Waals surface area contributed by atoms with Gasteiger partial charge in [0.15, 0.2) is 0 Å². The highest BCUT2D eigenvalue weighted by Crippen LogP contribution is 2.44. The third-order valence-corrected chi connectivity index (χ3v) is 8.59. The minimum atomic E-state index is -0.256. The lowest BCUT2D eigenvalue weighted by atomic mass is 9.95. The number of nitrogens with one attached hydrogen (secondary N) is 1. The van der Waals surface area contributed by atoms with Crippen LogP contribution >= 0.6 is 22.9 Å². The number of urea groups is 1. The molecular weight excluding hydrogens is 490 g/mol. The van der Waals surface area contributed by atoms with E-state index >= 15 is 0 Å². The van der Waals surface area contributed by atoms with Crippen LogP contribution in [0.15, 0.2) is 66.9 Å². The maximum Gasteiger partial charge on any atom is 0.322 e. The van der Waals surface area contributed by atoms with E-state index in [9.17, 15) is 4.79 Å². The van der Waals surface area contributed by atoms with Gasteiger partial charge in [0.1, 0.15) is 10.8 Å². The van der Waals surface area contributed by atoms with Crippen molar-refractivity contribution in [2.45, 2.75) is 45.2 Å². The normalized spacial score (nSPS) is 16.5. The Morgan fingerprint density at radius 2 is 1.92 bits per heavy atom. The molecule has 184 valence electrons. The lowest BCUT2D eigenvalue weighted by Crippen LogP contribution is -2.38. The third kappa shape index (κ3) is 4.18. The summed E-state index contributed by atoms with van der Waals surface area (Å²) in [7, 11) is 0. The number of hydrogen-bond acceptors (Lipinski definition) is 3. The van der Waals surface area contributed by atoms with Crippen molar-refractivity contribution in [3.63, 3.8) is 0 Å². The van der Waals surface area contributed by atoms with Gasteiger partial charge in [-0.1, -0.05) is 29.8 Å². The molecule has 2 aliphatic rings. The largest absolute Gasteiger partial charge is 0.494 e. The molecule has 0 radical (unpaired) electrons. The van der Waals surface area contributed by atoms with Gasteiger partial charge in [-0.15, -0.1) is 11.3 Å². The number of ether oxygens (including phenoxy) is 1. The van der Waals surface area contributed by atoms with E-state index in [0.717, 1.165) is 29.8 Å². The molecule has 3 heterocycles. The van der Waals surface area contributed by atoms with Crippen LogP contribution in [0.3, 0.4) is 0 Å². The zero-order chi connectivity index (χ0) is 24.6. The molecule has 0 saturated carbocycles. The van der Waals surface area contributed by atoms with Crippen LogP contribution in [0.4, 0.5) is 10.5 Å². The van der Waals surface area contributed by atoms with Crippen LogP contribution in [0.25, 0.3) is 5.00 Å². The van der Waals surface area contributed by atoms with Crippen molar-refractivity contribution in [3.05, 3.63) is 99.1 Å². The van der Waals surface area contributed by atoms with Crippen LogP contribution in [0, 0.1) is 0 Å². The number of thiophene rings is 1. The van der Waals surface area contributed by atoms with E-state index in [-0.39, 0.29) is 12.1 Å². The minimum absolute atomic E-state index is 0.146. The summed E-state index contributed by atoms with van der Waals surface area (Å²) in [4.78, 5) is 17.4. The SMILES string of the molecule is CCOc1ccc([C@H]2c3cccn3-c3sc4c(c3CN2C(=O)Nc2cccc(Cl)c2)CCCC4)cc1. The second kappa shape index (κ2) is 9.68. The molecule has 0 saturated heterocycles. The van der Waals surface area contributed by atoms with Gasteiger partial charge in [0.2, 0.25) is 0 Å². The van der Waals surface area contributed by atoms with Gasteiger partial charge >= 0.3 is 6.03 Å². The number of aromatic nitrogens is 1. The highest BCUT2D eigenvalue weighted by atomic mass is 35.5. The molecule has 0 bridgehead atoms. The van der Waals surface area contributed by atoms with Crippen molar-refractivity contribution in [1.29, 1.82) is 0 Å². The number of nitrogens with zero attached hydrogens (tertiary/aromatic N) is 2. The van der Waals surface area contributed by atoms with Gasteiger partial charge < -0.3 is 19.5 Å². The molecule has 4 aromatic rings. The van der Waals surface area contributed by atoms with Gasteiger partial charge in [0.25, 0.3) is 0 Å². The molecule has 0 unspecified atom stereocenters. The molecule has 36 heavy (non-hydrogen) atoms. The smallest absolute Gasteiger partial charge is 0.322 e. The first kappa shape index (κ1) is 23.2. The van der Waals surface area contributed by atoms with Gasteiger partial charge in [-0.25, -0.2) is 4.79 Å². The minimum Gasteiger partial charge on any atom is -0.494 e. The molecule has 2 aromatic carbocycles. The summed E-state index contributed by atoms with van der Waals surface area (Å²) in [5.41, 5.74) is 5.53. The number of halogens is 1. The van der Waals surface area contributed by atoms with Crippen molar-refractivity contribution in [3.8, 4) is 10.8 Å². The predicted octanol–water partition coefficient (Wildman–Crippen LogP) is 7.61. The highest BCUT2D eigenvalue weighted by molar-refractivity contribution is 7.15. The van der Waals surface area contributed by atoms with E-state index in [2.05, 4.69) is 40.3 Å². The second-order valence-corrected chi connectivity index (χ2v) is 10.8. The lowest BCUT2D eigenvalue weighted by Gasteiger charge is -2.31. The number of benzene rings is 2. The molecule has 0 spiro atoms. The summed E-state index contributed by atoms with van der Waals surface area (Å²) in [5.74, 6) is 0.827. The van der Waals surface area contributed by atoms with Gasteiger partial charge in [-0.2, -0.15) is 0 Å². The van der Waals surface area contributed by atoms with E-state index in [1.807, 2.05) is 53.5 Å². The van der Waals surface area contributed by atoms with Crippen LogP contribution in [-0.4, -0.2) is 22.1 Å². The number of anilines is 1. The summed E-state index contributed by atoms with van der Waals surface area (Å²) >= 11 is 8.10. The maximum absolute atomic E-state index is 14.0. The number of carbonyl (C=O) groups is 1. The Balaban J connectivity index is 1.47. The van der Waals surface area contributed by atoms with E-state index in [1.54, 1.807) is 6.07 Å².